The first-order valence-electron chi connectivity index (χ1n) is 9.91. The van der Waals surface area contributed by atoms with Crippen LogP contribution < -0.4 is 16.0 Å². The zero-order valence-corrected chi connectivity index (χ0v) is 16.5. The number of para-hydroxylation sites is 1. The Morgan fingerprint density at radius 2 is 1.53 bits per heavy atom. The molecule has 0 unspecified atom stereocenters. The number of amides is 2. The van der Waals surface area contributed by atoms with E-state index in [9.17, 15) is 9.59 Å². The Morgan fingerprint density at radius 1 is 0.867 bits per heavy atom. The van der Waals surface area contributed by atoms with Crippen molar-refractivity contribution in [1.82, 2.24) is 5.32 Å². The molecule has 0 radical (unpaired) electrons. The van der Waals surface area contributed by atoms with Crippen LogP contribution in [0, 0.1) is 0 Å². The van der Waals surface area contributed by atoms with Gasteiger partial charge >= 0.3 is 0 Å². The molecule has 1 heterocycles. The number of benzene rings is 3. The second-order valence-electron chi connectivity index (χ2n) is 7.20. The Bertz CT molecular complexity index is 1100. The van der Waals surface area contributed by atoms with Crippen LogP contribution >= 0.6 is 0 Å². The van der Waals surface area contributed by atoms with Gasteiger partial charge in [0.1, 0.15) is 0 Å². The standard InChI is InChI=1S/C25H23N3O2/c26-22-13-11-20(12-14-22)25(30)27-16-15-24(29)28-17-21-7-2-1-5-18(21)9-10-19-6-3-4-8-23(19)28/h1-14H,15-17,26H2,(H,27,30)/b10-9-. The highest BCUT2D eigenvalue weighted by Gasteiger charge is 2.20. The lowest BCUT2D eigenvalue weighted by Crippen LogP contribution is -2.35. The van der Waals surface area contributed by atoms with Gasteiger partial charge in [0.05, 0.1) is 12.2 Å². The molecule has 4 rings (SSSR count). The van der Waals surface area contributed by atoms with Gasteiger partial charge in [0.15, 0.2) is 0 Å². The highest BCUT2D eigenvalue weighted by molar-refractivity contribution is 5.98. The number of carbonyl (C=O) groups excluding carboxylic acids is 2. The van der Waals surface area contributed by atoms with E-state index in [4.69, 9.17) is 5.73 Å². The van der Waals surface area contributed by atoms with Crippen LogP contribution in [0.4, 0.5) is 11.4 Å². The minimum absolute atomic E-state index is 0.0369. The molecule has 5 heteroatoms. The van der Waals surface area contributed by atoms with Crippen molar-refractivity contribution in [3.8, 4) is 0 Å². The van der Waals surface area contributed by atoms with Crippen LogP contribution in [0.2, 0.25) is 0 Å². The quantitative estimate of drug-likeness (QED) is 0.651. The van der Waals surface area contributed by atoms with Crippen molar-refractivity contribution in [2.75, 3.05) is 17.2 Å². The van der Waals surface area contributed by atoms with E-state index in [0.29, 0.717) is 17.8 Å². The largest absolute Gasteiger partial charge is 0.399 e. The van der Waals surface area contributed by atoms with Crippen molar-refractivity contribution >= 4 is 35.3 Å². The predicted octanol–water partition coefficient (Wildman–Crippen LogP) is 4.11. The molecule has 0 saturated carbocycles. The molecule has 3 aromatic carbocycles. The molecule has 150 valence electrons. The first-order valence-corrected chi connectivity index (χ1v) is 9.91. The lowest BCUT2D eigenvalue weighted by molar-refractivity contribution is -0.118. The summed E-state index contributed by atoms with van der Waals surface area (Å²) in [6, 6.07) is 22.6. The van der Waals surface area contributed by atoms with E-state index >= 15 is 0 Å². The van der Waals surface area contributed by atoms with Crippen molar-refractivity contribution in [3.63, 3.8) is 0 Å². The molecule has 0 bridgehead atoms. The van der Waals surface area contributed by atoms with Gasteiger partial charge in [0.25, 0.3) is 5.91 Å². The molecule has 2 amide bonds. The minimum atomic E-state index is -0.218. The molecule has 0 saturated heterocycles. The van der Waals surface area contributed by atoms with Crippen LogP contribution in [0.25, 0.3) is 12.2 Å². The van der Waals surface area contributed by atoms with E-state index < -0.39 is 0 Å². The topological polar surface area (TPSA) is 75.4 Å². The van der Waals surface area contributed by atoms with Crippen molar-refractivity contribution < 1.29 is 9.59 Å². The molecule has 0 aromatic heterocycles. The second-order valence-corrected chi connectivity index (χ2v) is 7.20. The van der Waals surface area contributed by atoms with E-state index in [2.05, 4.69) is 17.5 Å². The van der Waals surface area contributed by atoms with Gasteiger partial charge in [-0.25, -0.2) is 0 Å². The van der Waals surface area contributed by atoms with Gasteiger partial charge in [-0.1, -0.05) is 54.6 Å². The summed E-state index contributed by atoms with van der Waals surface area (Å²) < 4.78 is 0. The maximum atomic E-state index is 13.1. The van der Waals surface area contributed by atoms with Crippen LogP contribution in [-0.4, -0.2) is 18.4 Å². The number of hydrogen-bond donors (Lipinski definition) is 2. The summed E-state index contributed by atoms with van der Waals surface area (Å²) in [5.74, 6) is -0.255. The Hall–Kier alpha value is -3.86. The van der Waals surface area contributed by atoms with Gasteiger partial charge < -0.3 is 16.0 Å². The Morgan fingerprint density at radius 3 is 2.33 bits per heavy atom. The summed E-state index contributed by atoms with van der Waals surface area (Å²) in [4.78, 5) is 27.2. The fourth-order valence-corrected chi connectivity index (χ4v) is 3.53. The molecule has 5 nitrogen and oxygen atoms in total. The number of hydrogen-bond acceptors (Lipinski definition) is 3. The maximum absolute atomic E-state index is 13.1. The predicted molar refractivity (Wildman–Crippen MR) is 121 cm³/mol. The van der Waals surface area contributed by atoms with Gasteiger partial charge in [0, 0.05) is 24.2 Å². The van der Waals surface area contributed by atoms with Crippen LogP contribution in [0.5, 0.6) is 0 Å². The van der Waals surface area contributed by atoms with Crippen LogP contribution in [0.1, 0.15) is 33.5 Å². The van der Waals surface area contributed by atoms with Crippen molar-refractivity contribution in [3.05, 3.63) is 95.1 Å². The van der Waals surface area contributed by atoms with Crippen LogP contribution in [0.3, 0.4) is 0 Å². The third-order valence-corrected chi connectivity index (χ3v) is 5.15. The average molecular weight is 397 g/mol. The summed E-state index contributed by atoms with van der Waals surface area (Å²) in [7, 11) is 0. The van der Waals surface area contributed by atoms with Crippen molar-refractivity contribution in [1.29, 1.82) is 0 Å². The Balaban J connectivity index is 1.49. The number of nitrogens with two attached hydrogens (primary N) is 1. The van der Waals surface area contributed by atoms with Crippen molar-refractivity contribution in [2.45, 2.75) is 13.0 Å². The van der Waals surface area contributed by atoms with E-state index in [-0.39, 0.29) is 24.8 Å². The first kappa shape index (κ1) is 19.5. The highest BCUT2D eigenvalue weighted by atomic mass is 16.2. The summed E-state index contributed by atoms with van der Waals surface area (Å²) in [6.07, 6.45) is 4.33. The molecule has 1 aliphatic heterocycles. The third kappa shape index (κ3) is 4.25. The third-order valence-electron chi connectivity index (χ3n) is 5.15. The zero-order chi connectivity index (χ0) is 20.9. The van der Waals surface area contributed by atoms with E-state index in [0.717, 1.165) is 22.4 Å². The summed E-state index contributed by atoms with van der Waals surface area (Å²) >= 11 is 0. The fraction of sp³-hybridized carbons (Fsp3) is 0.120. The van der Waals surface area contributed by atoms with Gasteiger partial charge in [-0.3, -0.25) is 9.59 Å². The smallest absolute Gasteiger partial charge is 0.251 e. The number of rotatable bonds is 4. The number of carbonyl (C=O) groups is 2. The SMILES string of the molecule is Nc1ccc(C(=O)NCCC(=O)N2Cc3ccccc3/C=C\c3ccccc32)cc1. The Kier molecular flexibility index (Phi) is 5.61. The summed E-state index contributed by atoms with van der Waals surface area (Å²) in [5.41, 5.74) is 10.8. The number of fused-ring (bicyclic) bond motifs is 2. The maximum Gasteiger partial charge on any atom is 0.251 e. The fourth-order valence-electron chi connectivity index (χ4n) is 3.53. The van der Waals surface area contributed by atoms with Gasteiger partial charge in [-0.15, -0.1) is 0 Å². The van der Waals surface area contributed by atoms with E-state index in [1.165, 1.54) is 0 Å². The van der Waals surface area contributed by atoms with E-state index in [1.807, 2.05) is 48.5 Å². The first-order chi connectivity index (χ1) is 14.6. The lowest BCUT2D eigenvalue weighted by atomic mass is 10.0. The number of nitrogen functional groups attached to an aromatic ring is 1. The summed E-state index contributed by atoms with van der Waals surface area (Å²) in [5, 5.41) is 2.82. The molecule has 0 fully saturated rings. The lowest BCUT2D eigenvalue weighted by Gasteiger charge is -2.27. The highest BCUT2D eigenvalue weighted by Crippen LogP contribution is 2.29. The zero-order valence-electron chi connectivity index (χ0n) is 16.5. The molecule has 30 heavy (non-hydrogen) atoms. The molecule has 1 aliphatic rings. The van der Waals surface area contributed by atoms with Crippen LogP contribution in [-0.2, 0) is 11.3 Å². The molecule has 0 atom stereocenters. The minimum Gasteiger partial charge on any atom is -0.399 e. The van der Waals surface area contributed by atoms with Gasteiger partial charge in [0.2, 0.25) is 5.91 Å². The average Bonchev–Trinajstić information content (AvgIpc) is 2.75. The van der Waals surface area contributed by atoms with Gasteiger partial charge in [-0.2, -0.15) is 0 Å². The number of nitrogens with zero attached hydrogens (tertiary/aromatic N) is 1. The van der Waals surface area contributed by atoms with Gasteiger partial charge in [-0.05, 0) is 47.0 Å². The second kappa shape index (κ2) is 8.66. The molecular formula is C25H23N3O2. The molecule has 0 spiro atoms. The molecule has 3 N–H and O–H groups in total. The molecule has 3 aromatic rings. The number of anilines is 2. The molecule has 0 aliphatic carbocycles. The van der Waals surface area contributed by atoms with E-state index in [1.54, 1.807) is 29.2 Å². The molecular weight excluding hydrogens is 374 g/mol. The van der Waals surface area contributed by atoms with Crippen molar-refractivity contribution in [2.24, 2.45) is 0 Å². The van der Waals surface area contributed by atoms with Crippen LogP contribution in [0.15, 0.2) is 72.8 Å². The monoisotopic (exact) mass is 397 g/mol. The normalized spacial score (nSPS) is 13.4. The Labute approximate surface area is 175 Å². The number of nitrogens with one attached hydrogen (secondary N) is 1. The summed E-state index contributed by atoms with van der Waals surface area (Å²) in [6.45, 7) is 0.750.